The van der Waals surface area contributed by atoms with Crippen LogP contribution in [0, 0.1) is 6.92 Å². The second kappa shape index (κ2) is 7.91. The summed E-state index contributed by atoms with van der Waals surface area (Å²) in [6, 6.07) is 0.969. The van der Waals surface area contributed by atoms with Gasteiger partial charge in [-0.1, -0.05) is 0 Å². The van der Waals surface area contributed by atoms with Crippen molar-refractivity contribution in [1.29, 1.82) is 0 Å². The van der Waals surface area contributed by atoms with E-state index in [9.17, 15) is 18.0 Å². The Hall–Kier alpha value is -2.04. The summed E-state index contributed by atoms with van der Waals surface area (Å²) >= 11 is 0. The molecule has 2 fully saturated rings. The highest BCUT2D eigenvalue weighted by Gasteiger charge is 2.45. The van der Waals surface area contributed by atoms with Gasteiger partial charge in [0.05, 0.1) is 30.5 Å². The number of ether oxygens (including phenoxy) is 1. The Morgan fingerprint density at radius 1 is 1.41 bits per heavy atom. The van der Waals surface area contributed by atoms with Crippen molar-refractivity contribution in [2.24, 2.45) is 0 Å². The third kappa shape index (κ3) is 4.28. The van der Waals surface area contributed by atoms with Crippen LogP contribution in [0.15, 0.2) is 18.5 Å². The number of nitrogens with zero attached hydrogens (tertiary/aromatic N) is 3. The average Bonchev–Trinajstić information content (AvgIpc) is 2.99. The van der Waals surface area contributed by atoms with E-state index in [1.807, 2.05) is 11.8 Å². The molecule has 0 radical (unpaired) electrons. The number of fused-ring (bicyclic) bond motifs is 1. The normalized spacial score (nSPS) is 25.1. The lowest BCUT2D eigenvalue weighted by molar-refractivity contribution is -0.131. The fourth-order valence-corrected chi connectivity index (χ4v) is 4.96. The van der Waals surface area contributed by atoms with Crippen LogP contribution in [-0.4, -0.2) is 85.6 Å². The molecule has 2 aliphatic heterocycles. The lowest BCUT2D eigenvalue weighted by atomic mass is 10.1. The molecule has 10 heteroatoms. The number of amides is 2. The number of methoxy groups -OCH3 is 1. The first-order valence-electron chi connectivity index (χ1n) is 8.81. The van der Waals surface area contributed by atoms with E-state index in [-0.39, 0.29) is 37.4 Å². The predicted octanol–water partition coefficient (Wildman–Crippen LogP) is -0.619. The van der Waals surface area contributed by atoms with Crippen LogP contribution in [0.3, 0.4) is 0 Å². The summed E-state index contributed by atoms with van der Waals surface area (Å²) < 4.78 is 30.6. The molecule has 3 rings (SSSR count). The number of hydrogen-bond acceptors (Lipinski definition) is 7. The third-order valence-electron chi connectivity index (χ3n) is 4.88. The van der Waals surface area contributed by atoms with Crippen molar-refractivity contribution in [3.63, 3.8) is 0 Å². The zero-order chi connectivity index (χ0) is 19.6. The molecule has 2 aliphatic rings. The van der Waals surface area contributed by atoms with Crippen LogP contribution in [0.25, 0.3) is 0 Å². The van der Waals surface area contributed by atoms with E-state index in [4.69, 9.17) is 4.74 Å². The Morgan fingerprint density at radius 2 is 2.19 bits per heavy atom. The molecule has 0 saturated carbocycles. The first kappa shape index (κ1) is 19.7. The molecule has 9 nitrogen and oxygen atoms in total. The van der Waals surface area contributed by atoms with Crippen LogP contribution in [0.1, 0.15) is 22.3 Å². The van der Waals surface area contributed by atoms with E-state index < -0.39 is 22.0 Å². The van der Waals surface area contributed by atoms with Gasteiger partial charge in [-0.2, -0.15) is 0 Å². The van der Waals surface area contributed by atoms with Gasteiger partial charge in [0.1, 0.15) is 0 Å². The smallest absolute Gasteiger partial charge is 0.253 e. The zero-order valence-corrected chi connectivity index (χ0v) is 16.2. The minimum atomic E-state index is -3.65. The third-order valence-corrected chi connectivity index (χ3v) is 6.61. The van der Waals surface area contributed by atoms with Gasteiger partial charge in [0, 0.05) is 38.6 Å². The molecule has 0 bridgehead atoms. The number of sulfonamides is 1. The van der Waals surface area contributed by atoms with E-state index in [0.29, 0.717) is 18.5 Å². The summed E-state index contributed by atoms with van der Waals surface area (Å²) in [5, 5.41) is 2.93. The summed E-state index contributed by atoms with van der Waals surface area (Å²) in [4.78, 5) is 31.1. The number of aryl methyl sites for hydroxylation is 1. The molecule has 0 unspecified atom stereocenters. The zero-order valence-electron chi connectivity index (χ0n) is 15.4. The molecule has 3 heterocycles. The lowest BCUT2D eigenvalue weighted by Gasteiger charge is -2.23. The van der Waals surface area contributed by atoms with E-state index in [2.05, 4.69) is 10.3 Å². The van der Waals surface area contributed by atoms with Gasteiger partial charge in [-0.05, 0) is 25.0 Å². The molecule has 0 aliphatic carbocycles. The fraction of sp³-hybridized carbons (Fsp3) is 0.588. The molecule has 1 aromatic rings. The van der Waals surface area contributed by atoms with Crippen molar-refractivity contribution in [1.82, 2.24) is 19.5 Å². The quantitative estimate of drug-likeness (QED) is 0.707. The van der Waals surface area contributed by atoms with Crippen molar-refractivity contribution in [2.45, 2.75) is 25.4 Å². The second-order valence-electron chi connectivity index (χ2n) is 6.89. The molecular weight excluding hydrogens is 372 g/mol. The molecule has 27 heavy (non-hydrogen) atoms. The average molecular weight is 396 g/mol. The van der Waals surface area contributed by atoms with E-state index in [1.54, 1.807) is 12.3 Å². The minimum Gasteiger partial charge on any atom is -0.383 e. The van der Waals surface area contributed by atoms with Gasteiger partial charge in [0.25, 0.3) is 11.8 Å². The summed E-state index contributed by atoms with van der Waals surface area (Å²) in [6.45, 7) is 2.72. The van der Waals surface area contributed by atoms with Crippen molar-refractivity contribution in [2.75, 3.05) is 39.1 Å². The standard InChI is InChI=1S/C17H24N4O5S/c1-12-7-13(10-18-9-12)16(22)19-14-8-15-17(23)21(3-5-26-2)27(24,25)6-4-20(15)11-14/h7,9-10,14-15H,3-6,8,11H2,1-2H3,(H,19,22)/t14-,15-/m0/s1. The highest BCUT2D eigenvalue weighted by molar-refractivity contribution is 7.89. The number of carbonyl (C=O) groups excluding carboxylic acids is 2. The maximum absolute atomic E-state index is 12.8. The molecular formula is C17H24N4O5S. The molecule has 1 aromatic heterocycles. The van der Waals surface area contributed by atoms with Crippen molar-refractivity contribution in [3.8, 4) is 0 Å². The van der Waals surface area contributed by atoms with Gasteiger partial charge in [0.2, 0.25) is 10.0 Å². The van der Waals surface area contributed by atoms with E-state index >= 15 is 0 Å². The summed E-state index contributed by atoms with van der Waals surface area (Å²) in [5.41, 5.74) is 1.35. The molecule has 0 spiro atoms. The SMILES string of the molecule is COCCN1C(=O)[C@@H]2C[C@H](NC(=O)c3cncc(C)c3)CN2CCS1(=O)=O. The van der Waals surface area contributed by atoms with Crippen molar-refractivity contribution >= 4 is 21.8 Å². The van der Waals surface area contributed by atoms with Crippen LogP contribution in [0.4, 0.5) is 0 Å². The fourth-order valence-electron chi connectivity index (χ4n) is 3.53. The molecule has 0 aromatic carbocycles. The molecule has 1 N–H and O–H groups in total. The van der Waals surface area contributed by atoms with Gasteiger partial charge in [-0.15, -0.1) is 0 Å². The highest BCUT2D eigenvalue weighted by atomic mass is 32.2. The Bertz CT molecular complexity index is 828. The maximum Gasteiger partial charge on any atom is 0.253 e. The second-order valence-corrected chi connectivity index (χ2v) is 8.90. The lowest BCUT2D eigenvalue weighted by Crippen LogP contribution is -2.45. The van der Waals surface area contributed by atoms with Crippen LogP contribution in [0.5, 0.6) is 0 Å². The molecule has 148 valence electrons. The number of pyridine rings is 1. The summed E-state index contributed by atoms with van der Waals surface area (Å²) in [5.74, 6) is -0.815. The Kier molecular flexibility index (Phi) is 5.78. The van der Waals surface area contributed by atoms with Crippen molar-refractivity contribution in [3.05, 3.63) is 29.6 Å². The number of carbonyl (C=O) groups is 2. The first-order valence-corrected chi connectivity index (χ1v) is 10.4. The monoisotopic (exact) mass is 396 g/mol. The number of nitrogens with one attached hydrogen (secondary N) is 1. The van der Waals surface area contributed by atoms with Gasteiger partial charge >= 0.3 is 0 Å². The number of rotatable bonds is 5. The molecule has 2 atom stereocenters. The topological polar surface area (TPSA) is 109 Å². The van der Waals surface area contributed by atoms with Gasteiger partial charge < -0.3 is 10.1 Å². The summed E-state index contributed by atoms with van der Waals surface area (Å²) in [7, 11) is -2.18. The van der Waals surface area contributed by atoms with Crippen LogP contribution in [0.2, 0.25) is 0 Å². The van der Waals surface area contributed by atoms with Gasteiger partial charge in [-0.3, -0.25) is 19.5 Å². The Labute approximate surface area is 158 Å². The largest absolute Gasteiger partial charge is 0.383 e. The first-order chi connectivity index (χ1) is 12.8. The van der Waals surface area contributed by atoms with Crippen LogP contribution in [-0.2, 0) is 19.6 Å². The Morgan fingerprint density at radius 3 is 2.89 bits per heavy atom. The van der Waals surface area contributed by atoms with E-state index in [1.165, 1.54) is 13.3 Å². The van der Waals surface area contributed by atoms with Crippen LogP contribution < -0.4 is 5.32 Å². The molecule has 2 amide bonds. The predicted molar refractivity (Wildman–Crippen MR) is 97.6 cm³/mol. The van der Waals surface area contributed by atoms with Crippen LogP contribution >= 0.6 is 0 Å². The number of aromatic nitrogens is 1. The summed E-state index contributed by atoms with van der Waals surface area (Å²) in [6.07, 6.45) is 3.55. The van der Waals surface area contributed by atoms with Gasteiger partial charge in [0.15, 0.2) is 0 Å². The van der Waals surface area contributed by atoms with E-state index in [0.717, 1.165) is 9.87 Å². The molecule has 2 saturated heterocycles. The Balaban J connectivity index is 1.70. The van der Waals surface area contributed by atoms with Crippen molar-refractivity contribution < 1.29 is 22.7 Å². The van der Waals surface area contributed by atoms with Gasteiger partial charge in [-0.25, -0.2) is 12.7 Å². The minimum absolute atomic E-state index is 0.00793. The maximum atomic E-state index is 12.8. The highest BCUT2D eigenvalue weighted by Crippen LogP contribution is 2.24. The number of hydrogen-bond donors (Lipinski definition) is 1.